The second-order valence-electron chi connectivity index (χ2n) is 6.87. The molecule has 5 N–H and O–H groups in total. The van der Waals surface area contributed by atoms with E-state index in [9.17, 15) is 15.3 Å². The second kappa shape index (κ2) is 10.5. The minimum atomic E-state index is -1.19. The maximum absolute atomic E-state index is 10.3. The van der Waals surface area contributed by atoms with E-state index in [1.165, 1.54) is 4.88 Å². The molecule has 3 aromatic rings. The van der Waals surface area contributed by atoms with E-state index >= 15 is 0 Å². The molecule has 0 bridgehead atoms. The van der Waals surface area contributed by atoms with Gasteiger partial charge in [-0.05, 0) is 43.2 Å². The number of aliphatic hydroxyl groups excluding tert-OH is 3. The summed E-state index contributed by atoms with van der Waals surface area (Å²) in [7, 11) is 0. The van der Waals surface area contributed by atoms with Crippen molar-refractivity contribution in [3.8, 4) is 10.6 Å². The summed E-state index contributed by atoms with van der Waals surface area (Å²) in [6.45, 7) is 1.28. The Kier molecular flexibility index (Phi) is 8.66. The summed E-state index contributed by atoms with van der Waals surface area (Å²) in [4.78, 5) is 7.78. The first-order valence-corrected chi connectivity index (χ1v) is 10.5. The van der Waals surface area contributed by atoms with Gasteiger partial charge >= 0.3 is 0 Å². The first-order valence-electron chi connectivity index (χ1n) is 8.92. The Morgan fingerprint density at radius 1 is 1.03 bits per heavy atom. The normalized spacial score (nSPS) is 12.4. The van der Waals surface area contributed by atoms with Crippen molar-refractivity contribution < 1.29 is 15.3 Å². The molecule has 0 saturated heterocycles. The van der Waals surface area contributed by atoms with Crippen LogP contribution in [0.4, 0.5) is 0 Å². The van der Waals surface area contributed by atoms with Crippen LogP contribution in [0, 0.1) is 6.92 Å². The SMILES string of the molecule is Cc1cnc(-c2ccc(Sc3ccc(C(O)CC(N)(CO)CO)cc3)cc2)s1.Cl. The monoisotopic (exact) mass is 452 g/mol. The summed E-state index contributed by atoms with van der Waals surface area (Å²) in [5.41, 5.74) is 6.48. The first kappa shape index (κ1) is 23.8. The van der Waals surface area contributed by atoms with Gasteiger partial charge in [0, 0.05) is 26.4 Å². The number of nitrogens with zero attached hydrogens (tertiary/aromatic N) is 1. The summed E-state index contributed by atoms with van der Waals surface area (Å²) in [5, 5.41) is 29.9. The number of aromatic nitrogens is 1. The standard InChI is InChI=1S/C21H24N2O3S2.ClH/c1-14-11-23-20(27-14)16-4-8-18(9-5-16)28-17-6-2-15(3-7-17)19(26)10-21(22,12-24)13-25;/h2-9,11,19,24-26H,10,12-13,22H2,1H3;1H. The highest BCUT2D eigenvalue weighted by Gasteiger charge is 2.27. The molecule has 29 heavy (non-hydrogen) atoms. The molecular weight excluding hydrogens is 428 g/mol. The van der Waals surface area contributed by atoms with Gasteiger partial charge in [-0.2, -0.15) is 0 Å². The van der Waals surface area contributed by atoms with Crippen LogP contribution in [0.15, 0.2) is 64.5 Å². The van der Waals surface area contributed by atoms with Crippen molar-refractivity contribution in [1.82, 2.24) is 4.98 Å². The minimum absolute atomic E-state index is 0. The smallest absolute Gasteiger partial charge is 0.123 e. The van der Waals surface area contributed by atoms with Gasteiger partial charge in [0.1, 0.15) is 5.01 Å². The molecule has 1 aromatic heterocycles. The highest BCUT2D eigenvalue weighted by Crippen LogP contribution is 2.32. The van der Waals surface area contributed by atoms with Gasteiger partial charge < -0.3 is 21.1 Å². The number of aryl methyl sites for hydroxylation is 1. The van der Waals surface area contributed by atoms with Crippen LogP contribution in [0.1, 0.15) is 23.0 Å². The number of benzene rings is 2. The van der Waals surface area contributed by atoms with E-state index in [0.29, 0.717) is 5.56 Å². The Morgan fingerprint density at radius 3 is 2.07 bits per heavy atom. The number of hydrogen-bond donors (Lipinski definition) is 4. The average molecular weight is 453 g/mol. The lowest BCUT2D eigenvalue weighted by Crippen LogP contribution is -2.48. The van der Waals surface area contributed by atoms with Crippen molar-refractivity contribution in [2.45, 2.75) is 34.8 Å². The van der Waals surface area contributed by atoms with E-state index in [4.69, 9.17) is 5.73 Å². The lowest BCUT2D eigenvalue weighted by molar-refractivity contribution is 0.0618. The predicted octanol–water partition coefficient (Wildman–Crippen LogP) is 3.80. The van der Waals surface area contributed by atoms with Crippen LogP contribution in [0.3, 0.4) is 0 Å². The Bertz CT molecular complexity index is 897. The second-order valence-corrected chi connectivity index (χ2v) is 9.25. The lowest BCUT2D eigenvalue weighted by Gasteiger charge is -2.27. The van der Waals surface area contributed by atoms with Gasteiger partial charge in [0.25, 0.3) is 0 Å². The molecule has 0 spiro atoms. The van der Waals surface area contributed by atoms with Gasteiger partial charge in [0.05, 0.1) is 24.9 Å². The zero-order valence-electron chi connectivity index (χ0n) is 16.0. The quantitative estimate of drug-likeness (QED) is 0.415. The fraction of sp³-hybridized carbons (Fsp3) is 0.286. The molecule has 0 aliphatic carbocycles. The molecule has 3 rings (SSSR count). The summed E-state index contributed by atoms with van der Waals surface area (Å²) in [5.74, 6) is 0. The van der Waals surface area contributed by atoms with Crippen LogP contribution in [0.5, 0.6) is 0 Å². The number of rotatable bonds is 8. The number of halogens is 1. The van der Waals surface area contributed by atoms with E-state index in [-0.39, 0.29) is 32.0 Å². The number of nitrogens with two attached hydrogens (primary N) is 1. The topological polar surface area (TPSA) is 99.6 Å². The van der Waals surface area contributed by atoms with Crippen molar-refractivity contribution >= 4 is 35.5 Å². The zero-order chi connectivity index (χ0) is 20.1. The number of hydrogen-bond acceptors (Lipinski definition) is 7. The molecule has 0 radical (unpaired) electrons. The van der Waals surface area contributed by atoms with E-state index in [1.54, 1.807) is 23.1 Å². The van der Waals surface area contributed by atoms with Crippen molar-refractivity contribution in [2.24, 2.45) is 5.73 Å². The molecule has 1 unspecified atom stereocenters. The molecule has 0 saturated carbocycles. The first-order chi connectivity index (χ1) is 13.4. The Hall–Kier alpha value is -1.45. The number of thiazole rings is 1. The lowest BCUT2D eigenvalue weighted by atomic mass is 9.92. The largest absolute Gasteiger partial charge is 0.394 e. The summed E-state index contributed by atoms with van der Waals surface area (Å²) in [6, 6.07) is 15.9. The Labute approximate surface area is 185 Å². The molecular formula is C21H25ClN2O3S2. The van der Waals surface area contributed by atoms with Gasteiger partial charge in [-0.15, -0.1) is 23.7 Å². The van der Waals surface area contributed by atoms with Crippen molar-refractivity contribution in [2.75, 3.05) is 13.2 Å². The predicted molar refractivity (Wildman–Crippen MR) is 121 cm³/mol. The minimum Gasteiger partial charge on any atom is -0.394 e. The molecule has 0 amide bonds. The average Bonchev–Trinajstić information content (AvgIpc) is 3.15. The molecule has 0 fully saturated rings. The van der Waals surface area contributed by atoms with Crippen molar-refractivity contribution in [1.29, 1.82) is 0 Å². The molecule has 156 valence electrons. The van der Waals surface area contributed by atoms with Gasteiger partial charge in [-0.25, -0.2) is 4.98 Å². The van der Waals surface area contributed by atoms with E-state index < -0.39 is 11.6 Å². The van der Waals surface area contributed by atoms with Crippen LogP contribution in [0.25, 0.3) is 10.6 Å². The zero-order valence-corrected chi connectivity index (χ0v) is 18.4. The van der Waals surface area contributed by atoms with Gasteiger partial charge in [0.2, 0.25) is 0 Å². The number of aliphatic hydroxyl groups is 3. The van der Waals surface area contributed by atoms with Crippen LogP contribution in [-0.4, -0.2) is 39.1 Å². The molecule has 1 heterocycles. The maximum atomic E-state index is 10.3. The summed E-state index contributed by atoms with van der Waals surface area (Å²) >= 11 is 3.32. The highest BCUT2D eigenvalue weighted by atomic mass is 35.5. The third-order valence-electron chi connectivity index (χ3n) is 4.45. The molecule has 0 aliphatic heterocycles. The van der Waals surface area contributed by atoms with Crippen molar-refractivity contribution in [3.05, 3.63) is 65.2 Å². The van der Waals surface area contributed by atoms with Crippen LogP contribution in [0.2, 0.25) is 0 Å². The molecule has 0 aliphatic rings. The van der Waals surface area contributed by atoms with Gasteiger partial charge in [-0.1, -0.05) is 36.0 Å². The Balaban J connectivity index is 0.00000300. The van der Waals surface area contributed by atoms with Crippen LogP contribution >= 0.6 is 35.5 Å². The van der Waals surface area contributed by atoms with E-state index in [1.807, 2.05) is 37.4 Å². The Morgan fingerprint density at radius 2 is 1.59 bits per heavy atom. The molecule has 5 nitrogen and oxygen atoms in total. The third kappa shape index (κ3) is 6.26. The summed E-state index contributed by atoms with van der Waals surface area (Å²) < 4.78 is 0. The van der Waals surface area contributed by atoms with Gasteiger partial charge in [-0.3, -0.25) is 0 Å². The summed E-state index contributed by atoms with van der Waals surface area (Å²) in [6.07, 6.45) is 1.13. The third-order valence-corrected chi connectivity index (χ3v) is 6.43. The van der Waals surface area contributed by atoms with Gasteiger partial charge in [0.15, 0.2) is 0 Å². The molecule has 2 aromatic carbocycles. The van der Waals surface area contributed by atoms with E-state index in [0.717, 1.165) is 20.4 Å². The molecule has 1 atom stereocenters. The van der Waals surface area contributed by atoms with Crippen LogP contribution in [-0.2, 0) is 0 Å². The van der Waals surface area contributed by atoms with E-state index in [2.05, 4.69) is 29.2 Å². The molecule has 8 heteroatoms. The fourth-order valence-corrected chi connectivity index (χ4v) is 4.32. The van der Waals surface area contributed by atoms with Crippen molar-refractivity contribution in [3.63, 3.8) is 0 Å². The van der Waals surface area contributed by atoms with Crippen LogP contribution < -0.4 is 5.73 Å². The highest BCUT2D eigenvalue weighted by molar-refractivity contribution is 7.99. The fourth-order valence-electron chi connectivity index (χ4n) is 2.73. The maximum Gasteiger partial charge on any atom is 0.123 e.